The zero-order valence-electron chi connectivity index (χ0n) is 18.5. The number of ether oxygens (including phenoxy) is 1. The van der Waals surface area contributed by atoms with Gasteiger partial charge in [0.15, 0.2) is 6.10 Å². The van der Waals surface area contributed by atoms with Crippen LogP contribution < -0.4 is 4.74 Å². The molecule has 0 bridgehead atoms. The van der Waals surface area contributed by atoms with Crippen molar-refractivity contribution >= 4 is 23.4 Å². The summed E-state index contributed by atoms with van der Waals surface area (Å²) >= 11 is 5.91. The Morgan fingerprint density at radius 2 is 1.55 bits per heavy atom. The summed E-state index contributed by atoms with van der Waals surface area (Å²) in [6.45, 7) is 8.19. The topological polar surface area (TPSA) is 49.9 Å². The van der Waals surface area contributed by atoms with Crippen molar-refractivity contribution in [3.05, 3.63) is 64.7 Å². The molecule has 6 heteroatoms. The summed E-state index contributed by atoms with van der Waals surface area (Å²) in [6.07, 6.45) is 0.586. The Morgan fingerprint density at radius 3 is 2.19 bits per heavy atom. The summed E-state index contributed by atoms with van der Waals surface area (Å²) in [5, 5.41) is 0.696. The van der Waals surface area contributed by atoms with Crippen LogP contribution in [-0.2, 0) is 16.0 Å². The minimum absolute atomic E-state index is 0.0353. The Balaban J connectivity index is 1.47. The standard InChI is InChI=1S/C25H31ClN2O3/c1-18(2)22-6-4-5-7-23(22)31-19(3)25(30)28-16-14-27(15-17-28)24(29)13-10-20-8-11-21(26)12-9-20/h4-9,11-12,18-19H,10,13-17H2,1-3H3. The highest BCUT2D eigenvalue weighted by Gasteiger charge is 2.28. The zero-order chi connectivity index (χ0) is 22.4. The molecular weight excluding hydrogens is 412 g/mol. The number of halogens is 1. The second-order valence-corrected chi connectivity index (χ2v) is 8.72. The molecule has 1 heterocycles. The van der Waals surface area contributed by atoms with E-state index in [4.69, 9.17) is 16.3 Å². The first-order valence-electron chi connectivity index (χ1n) is 10.9. The smallest absolute Gasteiger partial charge is 0.263 e. The van der Waals surface area contributed by atoms with Crippen LogP contribution in [0.2, 0.25) is 5.02 Å². The van der Waals surface area contributed by atoms with Gasteiger partial charge in [0.1, 0.15) is 5.75 Å². The van der Waals surface area contributed by atoms with Crippen LogP contribution in [0.3, 0.4) is 0 Å². The lowest BCUT2D eigenvalue weighted by Gasteiger charge is -2.36. The van der Waals surface area contributed by atoms with Crippen LogP contribution in [0.25, 0.3) is 0 Å². The number of hydrogen-bond donors (Lipinski definition) is 0. The molecule has 0 saturated carbocycles. The molecule has 1 aliphatic heterocycles. The molecule has 166 valence electrons. The second-order valence-electron chi connectivity index (χ2n) is 8.29. The number of carbonyl (C=O) groups excluding carboxylic acids is 2. The van der Waals surface area contributed by atoms with Crippen molar-refractivity contribution in [3.8, 4) is 5.75 Å². The van der Waals surface area contributed by atoms with Gasteiger partial charge >= 0.3 is 0 Å². The minimum Gasteiger partial charge on any atom is -0.481 e. The van der Waals surface area contributed by atoms with E-state index >= 15 is 0 Å². The zero-order valence-corrected chi connectivity index (χ0v) is 19.3. The number of nitrogens with zero attached hydrogens (tertiary/aromatic N) is 2. The maximum Gasteiger partial charge on any atom is 0.263 e. The lowest BCUT2D eigenvalue weighted by atomic mass is 10.0. The van der Waals surface area contributed by atoms with Crippen LogP contribution in [0, 0.1) is 0 Å². The Bertz CT molecular complexity index is 890. The van der Waals surface area contributed by atoms with E-state index in [0.29, 0.717) is 50.0 Å². The van der Waals surface area contributed by atoms with E-state index in [2.05, 4.69) is 13.8 Å². The van der Waals surface area contributed by atoms with Gasteiger partial charge in [0.25, 0.3) is 5.91 Å². The quantitative estimate of drug-likeness (QED) is 0.632. The van der Waals surface area contributed by atoms with E-state index in [1.54, 1.807) is 11.8 Å². The largest absolute Gasteiger partial charge is 0.481 e. The molecule has 1 fully saturated rings. The van der Waals surface area contributed by atoms with Crippen LogP contribution in [0.1, 0.15) is 44.2 Å². The van der Waals surface area contributed by atoms with Gasteiger partial charge in [-0.1, -0.05) is 55.8 Å². The second kappa shape index (κ2) is 10.7. The minimum atomic E-state index is -0.563. The molecule has 2 aromatic rings. The molecule has 0 radical (unpaired) electrons. The number of hydrogen-bond acceptors (Lipinski definition) is 3. The highest BCUT2D eigenvalue weighted by Crippen LogP contribution is 2.27. The third-order valence-electron chi connectivity index (χ3n) is 5.68. The van der Waals surface area contributed by atoms with Gasteiger partial charge in [-0.15, -0.1) is 0 Å². The van der Waals surface area contributed by atoms with Gasteiger partial charge in [0, 0.05) is 37.6 Å². The molecule has 2 aromatic carbocycles. The summed E-state index contributed by atoms with van der Waals surface area (Å²) in [5.74, 6) is 1.17. The van der Waals surface area contributed by atoms with Crippen molar-refractivity contribution < 1.29 is 14.3 Å². The molecule has 1 saturated heterocycles. The summed E-state index contributed by atoms with van der Waals surface area (Å²) in [5.41, 5.74) is 2.19. The van der Waals surface area contributed by atoms with Crippen molar-refractivity contribution in [2.45, 2.75) is 45.6 Å². The number of aryl methyl sites for hydroxylation is 1. The number of carbonyl (C=O) groups is 2. The van der Waals surface area contributed by atoms with E-state index < -0.39 is 6.10 Å². The van der Waals surface area contributed by atoms with Crippen LogP contribution in [-0.4, -0.2) is 53.9 Å². The lowest BCUT2D eigenvalue weighted by Crippen LogP contribution is -2.53. The molecule has 0 aromatic heterocycles. The fourth-order valence-electron chi connectivity index (χ4n) is 3.80. The number of benzene rings is 2. The Hall–Kier alpha value is -2.53. The van der Waals surface area contributed by atoms with Gasteiger partial charge in [0.05, 0.1) is 0 Å². The van der Waals surface area contributed by atoms with Gasteiger partial charge < -0.3 is 14.5 Å². The summed E-state index contributed by atoms with van der Waals surface area (Å²) in [6, 6.07) is 15.4. The molecule has 2 amide bonds. The third kappa shape index (κ3) is 6.23. The highest BCUT2D eigenvalue weighted by atomic mass is 35.5. The van der Waals surface area contributed by atoms with Crippen molar-refractivity contribution in [1.82, 2.24) is 9.80 Å². The van der Waals surface area contributed by atoms with Crippen molar-refractivity contribution in [3.63, 3.8) is 0 Å². The molecule has 0 spiro atoms. The third-order valence-corrected chi connectivity index (χ3v) is 5.93. The summed E-state index contributed by atoms with van der Waals surface area (Å²) < 4.78 is 6.01. The van der Waals surface area contributed by atoms with E-state index in [1.165, 1.54) is 0 Å². The predicted octanol–water partition coefficient (Wildman–Crippen LogP) is 4.53. The Morgan fingerprint density at radius 1 is 0.935 bits per heavy atom. The molecule has 1 unspecified atom stereocenters. The van der Waals surface area contributed by atoms with Crippen LogP contribution in [0.4, 0.5) is 0 Å². The number of amides is 2. The number of piperazine rings is 1. The van der Waals surface area contributed by atoms with Crippen LogP contribution >= 0.6 is 11.6 Å². The number of para-hydroxylation sites is 1. The van der Waals surface area contributed by atoms with E-state index in [1.807, 2.05) is 53.4 Å². The van der Waals surface area contributed by atoms with Gasteiger partial charge in [0.2, 0.25) is 5.91 Å². The SMILES string of the molecule is CC(Oc1ccccc1C(C)C)C(=O)N1CCN(C(=O)CCc2ccc(Cl)cc2)CC1. The summed E-state index contributed by atoms with van der Waals surface area (Å²) in [4.78, 5) is 29.1. The summed E-state index contributed by atoms with van der Waals surface area (Å²) in [7, 11) is 0. The number of rotatable bonds is 7. The van der Waals surface area contributed by atoms with Crippen LogP contribution in [0.5, 0.6) is 5.75 Å². The predicted molar refractivity (Wildman–Crippen MR) is 124 cm³/mol. The first kappa shape index (κ1) is 23.1. The highest BCUT2D eigenvalue weighted by molar-refractivity contribution is 6.30. The Kier molecular flexibility index (Phi) is 7.97. The normalized spacial score (nSPS) is 15.1. The fraction of sp³-hybridized carbons (Fsp3) is 0.440. The monoisotopic (exact) mass is 442 g/mol. The van der Waals surface area contributed by atoms with E-state index in [-0.39, 0.29) is 11.8 Å². The molecular formula is C25H31ClN2O3. The average Bonchev–Trinajstić information content (AvgIpc) is 2.78. The molecule has 0 N–H and O–H groups in total. The maximum atomic E-state index is 12.9. The van der Waals surface area contributed by atoms with Gasteiger partial charge in [-0.2, -0.15) is 0 Å². The van der Waals surface area contributed by atoms with E-state index in [0.717, 1.165) is 16.9 Å². The van der Waals surface area contributed by atoms with Gasteiger partial charge in [-0.25, -0.2) is 0 Å². The maximum absolute atomic E-state index is 12.9. The first-order valence-corrected chi connectivity index (χ1v) is 11.3. The Labute approximate surface area is 189 Å². The van der Waals surface area contributed by atoms with Crippen molar-refractivity contribution in [2.75, 3.05) is 26.2 Å². The molecule has 5 nitrogen and oxygen atoms in total. The van der Waals surface area contributed by atoms with E-state index in [9.17, 15) is 9.59 Å². The lowest BCUT2D eigenvalue weighted by molar-refractivity contribution is -0.143. The molecule has 3 rings (SSSR count). The molecule has 1 atom stereocenters. The van der Waals surface area contributed by atoms with Crippen molar-refractivity contribution in [2.24, 2.45) is 0 Å². The fourth-order valence-corrected chi connectivity index (χ4v) is 3.93. The van der Waals surface area contributed by atoms with Gasteiger partial charge in [-0.3, -0.25) is 9.59 Å². The molecule has 1 aliphatic rings. The van der Waals surface area contributed by atoms with Gasteiger partial charge in [-0.05, 0) is 48.6 Å². The molecule has 0 aliphatic carbocycles. The average molecular weight is 443 g/mol. The van der Waals surface area contributed by atoms with Crippen molar-refractivity contribution in [1.29, 1.82) is 0 Å². The molecule has 31 heavy (non-hydrogen) atoms. The van der Waals surface area contributed by atoms with Crippen LogP contribution in [0.15, 0.2) is 48.5 Å². The first-order chi connectivity index (χ1) is 14.8.